The van der Waals surface area contributed by atoms with Crippen molar-refractivity contribution in [3.63, 3.8) is 0 Å². The summed E-state index contributed by atoms with van der Waals surface area (Å²) in [5.74, 6) is -0.0155. The standard InChI is InChI=1S/C16H19NO5/c1-9(2)17-10(6-16(19)20)5-13(18)11-7-14(21-3)15(22-4)8-12(11)17/h5,7-9H,6H2,1-4H3,(H,19,20). The van der Waals surface area contributed by atoms with Gasteiger partial charge >= 0.3 is 5.97 Å². The number of aromatic nitrogens is 1. The van der Waals surface area contributed by atoms with Crippen molar-refractivity contribution in [2.45, 2.75) is 26.3 Å². The summed E-state index contributed by atoms with van der Waals surface area (Å²) in [6.45, 7) is 3.87. The van der Waals surface area contributed by atoms with Crippen LogP contribution < -0.4 is 14.9 Å². The van der Waals surface area contributed by atoms with Gasteiger partial charge in [0.25, 0.3) is 0 Å². The summed E-state index contributed by atoms with van der Waals surface area (Å²) in [5, 5.41) is 9.53. The van der Waals surface area contributed by atoms with Gasteiger partial charge in [-0.2, -0.15) is 0 Å². The molecule has 1 aromatic heterocycles. The van der Waals surface area contributed by atoms with E-state index in [9.17, 15) is 9.59 Å². The lowest BCUT2D eigenvalue weighted by Crippen LogP contribution is -2.18. The number of carbonyl (C=O) groups is 1. The fourth-order valence-corrected chi connectivity index (χ4v) is 2.62. The van der Waals surface area contributed by atoms with Gasteiger partial charge in [0.05, 0.1) is 26.2 Å². The van der Waals surface area contributed by atoms with Crippen LogP contribution in [0.25, 0.3) is 10.9 Å². The summed E-state index contributed by atoms with van der Waals surface area (Å²) in [6.07, 6.45) is -0.211. The zero-order valence-corrected chi connectivity index (χ0v) is 13.0. The first-order valence-electron chi connectivity index (χ1n) is 6.91. The van der Waals surface area contributed by atoms with Crippen LogP contribution in [0.4, 0.5) is 0 Å². The van der Waals surface area contributed by atoms with E-state index in [1.165, 1.54) is 20.3 Å². The fourth-order valence-electron chi connectivity index (χ4n) is 2.62. The Kier molecular flexibility index (Phi) is 4.40. The van der Waals surface area contributed by atoms with Crippen molar-refractivity contribution in [1.29, 1.82) is 0 Å². The maximum Gasteiger partial charge on any atom is 0.309 e. The average molecular weight is 305 g/mol. The van der Waals surface area contributed by atoms with Gasteiger partial charge in [0.2, 0.25) is 0 Å². The third-order valence-electron chi connectivity index (χ3n) is 3.48. The van der Waals surface area contributed by atoms with E-state index < -0.39 is 5.97 Å². The van der Waals surface area contributed by atoms with Crippen LogP contribution in [0.1, 0.15) is 25.6 Å². The molecule has 0 radical (unpaired) electrons. The molecule has 2 aromatic rings. The number of fused-ring (bicyclic) bond motifs is 1. The number of methoxy groups -OCH3 is 2. The highest BCUT2D eigenvalue weighted by Crippen LogP contribution is 2.32. The molecule has 0 amide bonds. The molecule has 0 aliphatic heterocycles. The largest absolute Gasteiger partial charge is 0.493 e. The number of carboxylic acids is 1. The Balaban J connectivity index is 2.89. The summed E-state index contributed by atoms with van der Waals surface area (Å²) in [4.78, 5) is 23.4. The first kappa shape index (κ1) is 15.9. The molecule has 0 atom stereocenters. The second-order valence-electron chi connectivity index (χ2n) is 5.26. The lowest BCUT2D eigenvalue weighted by Gasteiger charge is -2.20. The SMILES string of the molecule is COc1cc2c(=O)cc(CC(=O)O)n(C(C)C)c2cc1OC. The summed E-state index contributed by atoms with van der Waals surface area (Å²) in [7, 11) is 3.02. The minimum Gasteiger partial charge on any atom is -0.493 e. The quantitative estimate of drug-likeness (QED) is 0.916. The van der Waals surface area contributed by atoms with Crippen molar-refractivity contribution in [3.05, 3.63) is 34.1 Å². The van der Waals surface area contributed by atoms with Gasteiger partial charge in [-0.1, -0.05) is 0 Å². The van der Waals surface area contributed by atoms with Crippen molar-refractivity contribution < 1.29 is 19.4 Å². The van der Waals surface area contributed by atoms with Gasteiger partial charge in [-0.15, -0.1) is 0 Å². The van der Waals surface area contributed by atoms with Crippen molar-refractivity contribution in [1.82, 2.24) is 4.57 Å². The van der Waals surface area contributed by atoms with Crippen LogP contribution in [0.2, 0.25) is 0 Å². The molecule has 0 saturated heterocycles. The maximum atomic E-state index is 12.3. The van der Waals surface area contributed by atoms with Crippen LogP contribution in [0.3, 0.4) is 0 Å². The molecular formula is C16H19NO5. The molecule has 0 unspecified atom stereocenters. The van der Waals surface area contributed by atoms with Crippen LogP contribution in [-0.4, -0.2) is 29.9 Å². The molecule has 22 heavy (non-hydrogen) atoms. The number of aliphatic carboxylic acids is 1. The van der Waals surface area contributed by atoms with E-state index in [-0.39, 0.29) is 17.9 Å². The minimum atomic E-state index is -0.978. The molecule has 0 fully saturated rings. The summed E-state index contributed by atoms with van der Waals surface area (Å²) < 4.78 is 12.4. The monoisotopic (exact) mass is 305 g/mol. The molecular weight excluding hydrogens is 286 g/mol. The zero-order chi connectivity index (χ0) is 16.4. The van der Waals surface area contributed by atoms with Crippen LogP contribution in [-0.2, 0) is 11.2 Å². The van der Waals surface area contributed by atoms with Gasteiger partial charge < -0.3 is 19.1 Å². The Morgan fingerprint density at radius 3 is 2.27 bits per heavy atom. The second kappa shape index (κ2) is 6.09. The average Bonchev–Trinajstić information content (AvgIpc) is 2.45. The van der Waals surface area contributed by atoms with Gasteiger partial charge in [0.15, 0.2) is 16.9 Å². The van der Waals surface area contributed by atoms with Crippen molar-refractivity contribution >= 4 is 16.9 Å². The number of carboxylic acid groups (broad SMARTS) is 1. The van der Waals surface area contributed by atoms with Crippen LogP contribution in [0.5, 0.6) is 11.5 Å². The maximum absolute atomic E-state index is 12.3. The topological polar surface area (TPSA) is 77.8 Å². The summed E-state index contributed by atoms with van der Waals surface area (Å²) in [5.41, 5.74) is 0.868. The van der Waals surface area contributed by atoms with Gasteiger partial charge in [-0.25, -0.2) is 0 Å². The van der Waals surface area contributed by atoms with E-state index >= 15 is 0 Å². The molecule has 6 heteroatoms. The Morgan fingerprint density at radius 2 is 1.77 bits per heavy atom. The number of hydrogen-bond donors (Lipinski definition) is 1. The third kappa shape index (κ3) is 2.77. The van der Waals surface area contributed by atoms with Crippen LogP contribution in [0.15, 0.2) is 23.0 Å². The number of benzene rings is 1. The zero-order valence-electron chi connectivity index (χ0n) is 13.0. The number of ether oxygens (including phenoxy) is 2. The van der Waals surface area contributed by atoms with Gasteiger partial charge in [0, 0.05) is 29.3 Å². The molecule has 6 nitrogen and oxygen atoms in total. The normalized spacial score (nSPS) is 11.0. The molecule has 2 rings (SSSR count). The van der Waals surface area contributed by atoms with Gasteiger partial charge in [-0.05, 0) is 19.9 Å². The first-order valence-corrected chi connectivity index (χ1v) is 6.91. The molecule has 1 N–H and O–H groups in total. The Bertz CT molecular complexity index is 776. The van der Waals surface area contributed by atoms with E-state index in [4.69, 9.17) is 14.6 Å². The smallest absolute Gasteiger partial charge is 0.309 e. The van der Waals surface area contributed by atoms with Crippen molar-refractivity contribution in [2.24, 2.45) is 0 Å². The molecule has 1 aromatic carbocycles. The minimum absolute atomic E-state index is 0.00412. The van der Waals surface area contributed by atoms with Crippen molar-refractivity contribution in [3.8, 4) is 11.5 Å². The number of pyridine rings is 1. The molecule has 0 saturated carbocycles. The van der Waals surface area contributed by atoms with E-state index in [1.54, 1.807) is 12.1 Å². The number of hydrogen-bond acceptors (Lipinski definition) is 4. The third-order valence-corrected chi connectivity index (χ3v) is 3.48. The van der Waals surface area contributed by atoms with E-state index in [0.29, 0.717) is 28.1 Å². The number of nitrogens with zero attached hydrogens (tertiary/aromatic N) is 1. The van der Waals surface area contributed by atoms with Crippen molar-refractivity contribution in [2.75, 3.05) is 14.2 Å². The lowest BCUT2D eigenvalue weighted by molar-refractivity contribution is -0.136. The summed E-state index contributed by atoms with van der Waals surface area (Å²) >= 11 is 0. The molecule has 0 aliphatic rings. The predicted molar refractivity (Wildman–Crippen MR) is 83.0 cm³/mol. The van der Waals surface area contributed by atoms with Gasteiger partial charge in [-0.3, -0.25) is 9.59 Å². The first-order chi connectivity index (χ1) is 10.4. The van der Waals surface area contributed by atoms with Gasteiger partial charge in [0.1, 0.15) is 0 Å². The highest BCUT2D eigenvalue weighted by atomic mass is 16.5. The summed E-state index contributed by atoms with van der Waals surface area (Å²) in [6, 6.07) is 4.71. The Hall–Kier alpha value is -2.50. The van der Waals surface area contributed by atoms with E-state index in [1.807, 2.05) is 18.4 Å². The molecule has 1 heterocycles. The number of rotatable bonds is 5. The lowest BCUT2D eigenvalue weighted by atomic mass is 10.1. The Morgan fingerprint density at radius 1 is 1.18 bits per heavy atom. The van der Waals surface area contributed by atoms with E-state index in [0.717, 1.165) is 0 Å². The molecule has 0 bridgehead atoms. The molecule has 0 aliphatic carbocycles. The second-order valence-corrected chi connectivity index (χ2v) is 5.26. The van der Waals surface area contributed by atoms with E-state index in [2.05, 4.69) is 0 Å². The Labute approximate surface area is 127 Å². The fraction of sp³-hybridized carbons (Fsp3) is 0.375. The van der Waals surface area contributed by atoms with Crippen LogP contribution >= 0.6 is 0 Å². The highest BCUT2D eigenvalue weighted by molar-refractivity contribution is 5.84. The highest BCUT2D eigenvalue weighted by Gasteiger charge is 2.17. The molecule has 0 spiro atoms. The molecule has 118 valence electrons. The predicted octanol–water partition coefficient (Wildman–Crippen LogP) is 2.23. The van der Waals surface area contributed by atoms with Crippen LogP contribution in [0, 0.1) is 0 Å².